The van der Waals surface area contributed by atoms with Crippen molar-refractivity contribution < 1.29 is 14.9 Å². The van der Waals surface area contributed by atoms with Gasteiger partial charge in [-0.1, -0.05) is 29.8 Å². The number of phenolic OH excluding ortho intramolecular Hbond substituents is 1. The molecule has 1 aromatic rings. The van der Waals surface area contributed by atoms with Crippen LogP contribution in [0.1, 0.15) is 25.8 Å². The maximum absolute atomic E-state index is 9.97. The standard InChI is InChI=1S/C14H22BrNO3/c1-9(2)12(17)4-5-16-8-10-6-11(15)7-13(19-3)14(10)18/h6-7,9,12,16-18H,4-5,8H2,1-3H3. The summed E-state index contributed by atoms with van der Waals surface area (Å²) in [5.74, 6) is 0.872. The van der Waals surface area contributed by atoms with E-state index in [0.717, 1.165) is 10.0 Å². The van der Waals surface area contributed by atoms with Gasteiger partial charge in [0.05, 0.1) is 13.2 Å². The predicted molar refractivity (Wildman–Crippen MR) is 79.5 cm³/mol. The number of nitrogens with one attached hydrogen (secondary N) is 1. The van der Waals surface area contributed by atoms with Crippen molar-refractivity contribution in [2.75, 3.05) is 13.7 Å². The van der Waals surface area contributed by atoms with Gasteiger partial charge in [0, 0.05) is 16.6 Å². The topological polar surface area (TPSA) is 61.7 Å². The van der Waals surface area contributed by atoms with Gasteiger partial charge in [-0.05, 0) is 31.0 Å². The monoisotopic (exact) mass is 331 g/mol. The van der Waals surface area contributed by atoms with Gasteiger partial charge in [-0.15, -0.1) is 0 Å². The average molecular weight is 332 g/mol. The summed E-state index contributed by atoms with van der Waals surface area (Å²) in [7, 11) is 1.53. The highest BCUT2D eigenvalue weighted by Gasteiger charge is 2.11. The van der Waals surface area contributed by atoms with Crippen molar-refractivity contribution in [3.05, 3.63) is 22.2 Å². The van der Waals surface area contributed by atoms with Gasteiger partial charge in [-0.25, -0.2) is 0 Å². The Morgan fingerprint density at radius 1 is 1.37 bits per heavy atom. The molecule has 0 bridgehead atoms. The van der Waals surface area contributed by atoms with Crippen LogP contribution in [0.5, 0.6) is 11.5 Å². The van der Waals surface area contributed by atoms with E-state index < -0.39 is 0 Å². The summed E-state index contributed by atoms with van der Waals surface area (Å²) in [5.41, 5.74) is 0.769. The summed E-state index contributed by atoms with van der Waals surface area (Å²) in [6.07, 6.45) is 0.405. The molecule has 0 saturated heterocycles. The van der Waals surface area contributed by atoms with Crippen LogP contribution in [0.25, 0.3) is 0 Å². The van der Waals surface area contributed by atoms with Gasteiger partial charge in [-0.3, -0.25) is 0 Å². The van der Waals surface area contributed by atoms with Crippen LogP contribution < -0.4 is 10.1 Å². The van der Waals surface area contributed by atoms with Crippen molar-refractivity contribution in [2.45, 2.75) is 32.9 Å². The van der Waals surface area contributed by atoms with Crippen molar-refractivity contribution >= 4 is 15.9 Å². The minimum absolute atomic E-state index is 0.155. The van der Waals surface area contributed by atoms with Gasteiger partial charge in [0.1, 0.15) is 0 Å². The van der Waals surface area contributed by atoms with Crippen LogP contribution in [0.2, 0.25) is 0 Å². The van der Waals surface area contributed by atoms with E-state index in [1.807, 2.05) is 19.9 Å². The van der Waals surface area contributed by atoms with E-state index in [9.17, 15) is 10.2 Å². The van der Waals surface area contributed by atoms with Crippen molar-refractivity contribution in [1.82, 2.24) is 5.32 Å². The van der Waals surface area contributed by atoms with E-state index in [1.165, 1.54) is 7.11 Å². The number of aliphatic hydroxyl groups excluding tert-OH is 1. The van der Waals surface area contributed by atoms with E-state index in [0.29, 0.717) is 25.3 Å². The van der Waals surface area contributed by atoms with Crippen LogP contribution in [0.4, 0.5) is 0 Å². The molecule has 1 unspecified atom stereocenters. The molecule has 0 spiro atoms. The Hall–Kier alpha value is -0.780. The highest BCUT2D eigenvalue weighted by molar-refractivity contribution is 9.10. The largest absolute Gasteiger partial charge is 0.504 e. The number of rotatable bonds is 7. The molecule has 0 amide bonds. The molecule has 0 radical (unpaired) electrons. The first kappa shape index (κ1) is 16.3. The lowest BCUT2D eigenvalue weighted by atomic mass is 10.0. The highest BCUT2D eigenvalue weighted by atomic mass is 79.9. The van der Waals surface area contributed by atoms with E-state index in [-0.39, 0.29) is 17.8 Å². The highest BCUT2D eigenvalue weighted by Crippen LogP contribution is 2.33. The Morgan fingerprint density at radius 2 is 2.05 bits per heavy atom. The SMILES string of the molecule is COc1cc(Br)cc(CNCCC(O)C(C)C)c1O. The Morgan fingerprint density at radius 3 is 2.63 bits per heavy atom. The molecule has 5 heteroatoms. The molecule has 1 aromatic carbocycles. The van der Waals surface area contributed by atoms with Gasteiger partial charge in [-0.2, -0.15) is 0 Å². The van der Waals surface area contributed by atoms with Crippen molar-refractivity contribution in [1.29, 1.82) is 0 Å². The van der Waals surface area contributed by atoms with Gasteiger partial charge in [0.2, 0.25) is 0 Å². The lowest BCUT2D eigenvalue weighted by molar-refractivity contribution is 0.116. The summed E-state index contributed by atoms with van der Waals surface area (Å²) in [6, 6.07) is 3.57. The molecule has 0 heterocycles. The van der Waals surface area contributed by atoms with Crippen molar-refractivity contribution in [2.24, 2.45) is 5.92 Å². The van der Waals surface area contributed by atoms with Crippen LogP contribution in [0.3, 0.4) is 0 Å². The van der Waals surface area contributed by atoms with Crippen LogP contribution >= 0.6 is 15.9 Å². The summed E-state index contributed by atoms with van der Waals surface area (Å²) < 4.78 is 5.96. The second-order valence-corrected chi connectivity index (χ2v) is 5.81. The molecule has 4 nitrogen and oxygen atoms in total. The number of phenols is 1. The van der Waals surface area contributed by atoms with Gasteiger partial charge < -0.3 is 20.3 Å². The first-order chi connectivity index (χ1) is 8.95. The quantitative estimate of drug-likeness (QED) is 0.672. The third kappa shape index (κ3) is 5.01. The number of hydrogen-bond acceptors (Lipinski definition) is 4. The summed E-state index contributed by atoms with van der Waals surface area (Å²) in [4.78, 5) is 0. The fraction of sp³-hybridized carbons (Fsp3) is 0.571. The first-order valence-electron chi connectivity index (χ1n) is 6.39. The van der Waals surface area contributed by atoms with Gasteiger partial charge in [0.15, 0.2) is 11.5 Å². The number of aliphatic hydroxyl groups is 1. The molecule has 0 aliphatic carbocycles. The minimum Gasteiger partial charge on any atom is -0.504 e. The predicted octanol–water partition coefficient (Wildman–Crippen LogP) is 2.66. The van der Waals surface area contributed by atoms with E-state index in [2.05, 4.69) is 21.2 Å². The molecular formula is C14H22BrNO3. The Kier molecular flexibility index (Phi) is 6.62. The molecule has 0 fully saturated rings. The maximum Gasteiger partial charge on any atom is 0.162 e. The zero-order chi connectivity index (χ0) is 14.4. The lowest BCUT2D eigenvalue weighted by Gasteiger charge is -2.15. The third-order valence-electron chi connectivity index (χ3n) is 3.04. The molecule has 1 atom stereocenters. The summed E-state index contributed by atoms with van der Waals surface area (Å²) in [6.45, 7) is 5.23. The molecule has 108 valence electrons. The van der Waals surface area contributed by atoms with Crippen molar-refractivity contribution in [3.8, 4) is 11.5 Å². The molecule has 1 rings (SSSR count). The normalized spacial score (nSPS) is 12.7. The minimum atomic E-state index is -0.293. The van der Waals surface area contributed by atoms with Gasteiger partial charge >= 0.3 is 0 Å². The van der Waals surface area contributed by atoms with Crippen LogP contribution in [0.15, 0.2) is 16.6 Å². The molecule has 0 aromatic heterocycles. The number of ether oxygens (including phenoxy) is 1. The molecule has 19 heavy (non-hydrogen) atoms. The smallest absolute Gasteiger partial charge is 0.162 e. The third-order valence-corrected chi connectivity index (χ3v) is 3.50. The first-order valence-corrected chi connectivity index (χ1v) is 7.19. The summed E-state index contributed by atoms with van der Waals surface area (Å²) in [5, 5.41) is 22.9. The fourth-order valence-corrected chi connectivity index (χ4v) is 2.21. The number of halogens is 1. The Labute approximate surface area is 122 Å². The summed E-state index contributed by atoms with van der Waals surface area (Å²) >= 11 is 3.38. The number of aromatic hydroxyl groups is 1. The van der Waals surface area contributed by atoms with E-state index in [4.69, 9.17) is 4.74 Å². The second-order valence-electron chi connectivity index (χ2n) is 4.89. The lowest BCUT2D eigenvalue weighted by Crippen LogP contribution is -2.23. The van der Waals surface area contributed by atoms with E-state index >= 15 is 0 Å². The Balaban J connectivity index is 2.52. The van der Waals surface area contributed by atoms with Crippen LogP contribution in [0, 0.1) is 5.92 Å². The molecule has 0 aliphatic rings. The van der Waals surface area contributed by atoms with Crippen LogP contribution in [-0.4, -0.2) is 30.0 Å². The molecule has 3 N–H and O–H groups in total. The number of benzene rings is 1. The Bertz CT molecular complexity index is 410. The van der Waals surface area contributed by atoms with E-state index in [1.54, 1.807) is 6.07 Å². The molecule has 0 aliphatic heterocycles. The van der Waals surface area contributed by atoms with Crippen LogP contribution in [-0.2, 0) is 6.54 Å². The van der Waals surface area contributed by atoms with Gasteiger partial charge in [0.25, 0.3) is 0 Å². The number of methoxy groups -OCH3 is 1. The zero-order valence-electron chi connectivity index (χ0n) is 11.6. The number of hydrogen-bond donors (Lipinski definition) is 3. The maximum atomic E-state index is 9.97. The second kappa shape index (κ2) is 7.72. The molecular weight excluding hydrogens is 310 g/mol. The molecule has 0 saturated carbocycles. The fourth-order valence-electron chi connectivity index (χ4n) is 1.73. The van der Waals surface area contributed by atoms with Crippen molar-refractivity contribution in [3.63, 3.8) is 0 Å². The zero-order valence-corrected chi connectivity index (χ0v) is 13.2. The average Bonchev–Trinajstić information content (AvgIpc) is 2.37.